The van der Waals surface area contributed by atoms with Crippen molar-refractivity contribution in [3.05, 3.63) is 0 Å². The van der Waals surface area contributed by atoms with Gasteiger partial charge in [-0.2, -0.15) is 0 Å². The van der Waals surface area contributed by atoms with Crippen LogP contribution in [0.2, 0.25) is 0 Å². The summed E-state index contributed by atoms with van der Waals surface area (Å²) >= 11 is 0. The first-order valence-corrected chi connectivity index (χ1v) is 45.0. The average molecular weight is 1470 g/mol. The molecule has 5 atom stereocenters. The number of carbonyl (C=O) groups is 4. The highest BCUT2D eigenvalue weighted by Crippen LogP contribution is 2.45. The van der Waals surface area contributed by atoms with E-state index in [1.165, 1.54) is 238 Å². The SMILES string of the molecule is CCCCCCCCCCCCCCCCCCCC(=O)OC[C@H](COP(=O)(O)OC[C@@H](O)COP(=O)(O)OC[C@@H](COC(=O)CCCCCCCCC(C)C)OC(=O)CCCCCCCCCCCCCCCCC)OC(=O)CCCCCCCCCCCCCCCCCCC(C)C. The molecular formula is C81H158O17P2. The van der Waals surface area contributed by atoms with Crippen molar-refractivity contribution >= 4 is 39.5 Å². The fraction of sp³-hybridized carbons (Fsp3) is 0.951. The number of aliphatic hydroxyl groups excluding tert-OH is 1. The summed E-state index contributed by atoms with van der Waals surface area (Å²) in [6.07, 6.45) is 62.6. The number of ether oxygens (including phenoxy) is 4. The van der Waals surface area contributed by atoms with Gasteiger partial charge in [0.25, 0.3) is 0 Å². The van der Waals surface area contributed by atoms with Gasteiger partial charge in [0.2, 0.25) is 0 Å². The van der Waals surface area contributed by atoms with Crippen LogP contribution in [0.15, 0.2) is 0 Å². The number of hydrogen-bond donors (Lipinski definition) is 3. The molecular weight excluding hydrogens is 1310 g/mol. The van der Waals surface area contributed by atoms with Crippen molar-refractivity contribution < 1.29 is 80.2 Å². The summed E-state index contributed by atoms with van der Waals surface area (Å²) in [7, 11) is -9.92. The molecule has 0 heterocycles. The maximum absolute atomic E-state index is 13.1. The molecule has 3 N–H and O–H groups in total. The molecule has 0 aromatic rings. The zero-order chi connectivity index (χ0) is 73.5. The van der Waals surface area contributed by atoms with Gasteiger partial charge in [0.05, 0.1) is 26.4 Å². The van der Waals surface area contributed by atoms with Gasteiger partial charge in [-0.05, 0) is 37.5 Å². The number of phosphoric ester groups is 2. The minimum absolute atomic E-state index is 0.107. The van der Waals surface area contributed by atoms with Crippen molar-refractivity contribution in [2.75, 3.05) is 39.6 Å². The highest BCUT2D eigenvalue weighted by molar-refractivity contribution is 7.47. The molecule has 0 radical (unpaired) electrons. The average Bonchev–Trinajstić information content (AvgIpc) is 1.06. The van der Waals surface area contributed by atoms with Crippen molar-refractivity contribution in [3.63, 3.8) is 0 Å². The predicted octanol–water partition coefficient (Wildman–Crippen LogP) is 24.3. The summed E-state index contributed by atoms with van der Waals surface area (Å²) in [5.41, 5.74) is 0. The zero-order valence-electron chi connectivity index (χ0n) is 65.5. The van der Waals surface area contributed by atoms with Crippen LogP contribution in [0.25, 0.3) is 0 Å². The molecule has 17 nitrogen and oxygen atoms in total. The molecule has 0 saturated carbocycles. The minimum atomic E-state index is -4.96. The van der Waals surface area contributed by atoms with Gasteiger partial charge in [0, 0.05) is 25.7 Å². The van der Waals surface area contributed by atoms with Gasteiger partial charge < -0.3 is 33.8 Å². The Morgan fingerprint density at radius 2 is 0.460 bits per heavy atom. The molecule has 0 aromatic carbocycles. The lowest BCUT2D eigenvalue weighted by Crippen LogP contribution is -2.30. The number of rotatable bonds is 80. The number of unbranched alkanes of at least 4 members (excludes halogenated alkanes) is 50. The van der Waals surface area contributed by atoms with Gasteiger partial charge in [-0.3, -0.25) is 37.3 Å². The molecule has 0 rings (SSSR count). The Balaban J connectivity index is 5.22. The predicted molar refractivity (Wildman–Crippen MR) is 409 cm³/mol. The molecule has 0 amide bonds. The van der Waals surface area contributed by atoms with Crippen LogP contribution in [0.4, 0.5) is 0 Å². The standard InChI is InChI=1S/C81H158O17P2/c1-7-9-11-13-15-17-19-21-23-24-29-32-36-40-44-51-57-63-78(83)91-69-76(97-80(85)65-60-54-46-42-38-34-30-26-25-28-31-35-39-43-49-55-61-73(3)4)71-95-99(87,88)93-67-75(82)68-94-100(89,90)96-72-77(70-92-79(84)64-58-52-48-47-50-56-62-74(5)6)98-81(86)66-59-53-45-41-37-33-27-22-20-18-16-14-12-10-8-2/h73-77,82H,7-72H2,1-6H3,(H,87,88)(H,89,90)/t75-,76-,77-/m1/s1. The van der Waals surface area contributed by atoms with Crippen molar-refractivity contribution in [3.8, 4) is 0 Å². The Labute approximate surface area is 613 Å². The molecule has 0 spiro atoms. The molecule has 0 fully saturated rings. The van der Waals surface area contributed by atoms with E-state index >= 15 is 0 Å². The summed E-state index contributed by atoms with van der Waals surface area (Å²) in [6, 6.07) is 0. The lowest BCUT2D eigenvalue weighted by molar-refractivity contribution is -0.161. The highest BCUT2D eigenvalue weighted by Gasteiger charge is 2.30. The number of phosphoric acid groups is 2. The number of carbonyl (C=O) groups excluding carboxylic acids is 4. The van der Waals surface area contributed by atoms with E-state index in [9.17, 15) is 43.2 Å². The lowest BCUT2D eigenvalue weighted by Gasteiger charge is -2.21. The van der Waals surface area contributed by atoms with E-state index in [4.69, 9.17) is 37.0 Å². The second kappa shape index (κ2) is 72.6. The lowest BCUT2D eigenvalue weighted by atomic mass is 10.0. The fourth-order valence-electron chi connectivity index (χ4n) is 12.5. The first-order valence-electron chi connectivity index (χ1n) is 42.0. The largest absolute Gasteiger partial charge is 0.472 e. The second-order valence-corrected chi connectivity index (χ2v) is 33.0. The second-order valence-electron chi connectivity index (χ2n) is 30.1. The van der Waals surface area contributed by atoms with Gasteiger partial charge in [0.15, 0.2) is 12.2 Å². The van der Waals surface area contributed by atoms with E-state index < -0.39 is 97.5 Å². The van der Waals surface area contributed by atoms with E-state index in [1.807, 2.05) is 0 Å². The number of esters is 4. The topological polar surface area (TPSA) is 237 Å². The van der Waals surface area contributed by atoms with Gasteiger partial charge in [0.1, 0.15) is 19.3 Å². The van der Waals surface area contributed by atoms with E-state index in [0.717, 1.165) is 102 Å². The normalized spacial score (nSPS) is 13.9. The Hall–Kier alpha value is -1.94. The molecule has 0 aliphatic carbocycles. The smallest absolute Gasteiger partial charge is 0.462 e. The number of hydrogen-bond acceptors (Lipinski definition) is 15. The molecule has 2 unspecified atom stereocenters. The molecule has 100 heavy (non-hydrogen) atoms. The molecule has 594 valence electrons. The van der Waals surface area contributed by atoms with Gasteiger partial charge in [-0.25, -0.2) is 9.13 Å². The van der Waals surface area contributed by atoms with Gasteiger partial charge in [-0.1, -0.05) is 375 Å². The Morgan fingerprint density at radius 3 is 0.680 bits per heavy atom. The van der Waals surface area contributed by atoms with Gasteiger partial charge in [-0.15, -0.1) is 0 Å². The van der Waals surface area contributed by atoms with Crippen LogP contribution in [-0.4, -0.2) is 96.7 Å². The monoisotopic (exact) mass is 1470 g/mol. The third-order valence-electron chi connectivity index (χ3n) is 19.0. The zero-order valence-corrected chi connectivity index (χ0v) is 67.3. The van der Waals surface area contributed by atoms with Crippen molar-refractivity contribution in [1.82, 2.24) is 0 Å². The van der Waals surface area contributed by atoms with E-state index in [-0.39, 0.29) is 25.7 Å². The summed E-state index contributed by atoms with van der Waals surface area (Å²) < 4.78 is 68.7. The Kier molecular flexibility index (Phi) is 71.2. The highest BCUT2D eigenvalue weighted by atomic mass is 31.2. The first kappa shape index (κ1) is 98.1. The molecule has 0 bridgehead atoms. The van der Waals surface area contributed by atoms with Crippen LogP contribution in [-0.2, 0) is 65.4 Å². The van der Waals surface area contributed by atoms with Gasteiger partial charge >= 0.3 is 39.5 Å². The minimum Gasteiger partial charge on any atom is -0.462 e. The molecule has 0 aromatic heterocycles. The third kappa shape index (κ3) is 74.3. The summed E-state index contributed by atoms with van der Waals surface area (Å²) in [5.74, 6) is -0.621. The van der Waals surface area contributed by atoms with Crippen LogP contribution in [0.5, 0.6) is 0 Å². The van der Waals surface area contributed by atoms with Crippen molar-refractivity contribution in [2.24, 2.45) is 11.8 Å². The Morgan fingerprint density at radius 1 is 0.270 bits per heavy atom. The summed E-state index contributed by atoms with van der Waals surface area (Å²) in [4.78, 5) is 73.0. The van der Waals surface area contributed by atoms with Crippen LogP contribution in [0, 0.1) is 11.8 Å². The van der Waals surface area contributed by atoms with Crippen LogP contribution in [0.1, 0.15) is 427 Å². The van der Waals surface area contributed by atoms with E-state index in [2.05, 4.69) is 41.5 Å². The van der Waals surface area contributed by atoms with Crippen LogP contribution < -0.4 is 0 Å². The number of aliphatic hydroxyl groups is 1. The Bertz CT molecular complexity index is 1920. The summed E-state index contributed by atoms with van der Waals surface area (Å²) in [5, 5.41) is 10.6. The van der Waals surface area contributed by atoms with Crippen molar-refractivity contribution in [2.45, 2.75) is 445 Å². The van der Waals surface area contributed by atoms with Crippen LogP contribution in [0.3, 0.4) is 0 Å². The van der Waals surface area contributed by atoms with E-state index in [1.54, 1.807) is 0 Å². The molecule has 0 saturated heterocycles. The van der Waals surface area contributed by atoms with E-state index in [0.29, 0.717) is 31.6 Å². The molecule has 0 aliphatic rings. The quantitative estimate of drug-likeness (QED) is 0.0222. The summed E-state index contributed by atoms with van der Waals surface area (Å²) in [6.45, 7) is 9.59. The third-order valence-corrected chi connectivity index (χ3v) is 20.9. The maximum atomic E-state index is 13.1. The molecule has 0 aliphatic heterocycles. The molecule has 19 heteroatoms. The van der Waals surface area contributed by atoms with Crippen LogP contribution >= 0.6 is 15.6 Å². The fourth-order valence-corrected chi connectivity index (χ4v) is 14.1. The maximum Gasteiger partial charge on any atom is 0.472 e. The van der Waals surface area contributed by atoms with Crippen molar-refractivity contribution in [1.29, 1.82) is 0 Å². The first-order chi connectivity index (χ1) is 48.4.